The molecule has 0 saturated heterocycles. The van der Waals surface area contributed by atoms with Crippen LogP contribution in [-0.4, -0.2) is 17.7 Å². The van der Waals surface area contributed by atoms with Crippen molar-refractivity contribution in [2.24, 2.45) is 5.84 Å². The van der Waals surface area contributed by atoms with Crippen LogP contribution in [0.2, 0.25) is 0 Å². The Labute approximate surface area is 97.2 Å². The first-order valence-corrected chi connectivity index (χ1v) is 5.81. The van der Waals surface area contributed by atoms with Crippen molar-refractivity contribution in [1.29, 1.82) is 0 Å². The third-order valence-corrected chi connectivity index (χ3v) is 2.55. The zero-order valence-corrected chi connectivity index (χ0v) is 10.0. The van der Waals surface area contributed by atoms with Gasteiger partial charge in [-0.25, -0.2) is 0 Å². The van der Waals surface area contributed by atoms with Gasteiger partial charge < -0.3 is 4.74 Å². The molecule has 0 aliphatic rings. The van der Waals surface area contributed by atoms with Crippen molar-refractivity contribution in [3.63, 3.8) is 0 Å². The van der Waals surface area contributed by atoms with Crippen LogP contribution in [0.1, 0.15) is 38.3 Å². The van der Waals surface area contributed by atoms with Gasteiger partial charge in [0.05, 0.1) is 12.1 Å². The molecule has 0 bridgehead atoms. The minimum Gasteiger partial charge on any atom is -0.376 e. The molecular formula is C12H21N3O. The second kappa shape index (κ2) is 7.33. The normalized spacial score (nSPS) is 14.7. The summed E-state index contributed by atoms with van der Waals surface area (Å²) in [5.41, 5.74) is 3.89. The molecule has 90 valence electrons. The fraction of sp³-hybridized carbons (Fsp3) is 0.583. The molecule has 1 rings (SSSR count). The first kappa shape index (κ1) is 13.1. The molecule has 0 fully saturated rings. The Morgan fingerprint density at radius 1 is 1.50 bits per heavy atom. The number of hydrazine groups is 1. The number of aromatic nitrogens is 1. The first-order valence-electron chi connectivity index (χ1n) is 5.81. The zero-order chi connectivity index (χ0) is 11.8. The maximum Gasteiger partial charge on any atom is 0.0783 e. The molecular weight excluding hydrogens is 202 g/mol. The molecule has 0 spiro atoms. The van der Waals surface area contributed by atoms with Crippen molar-refractivity contribution in [3.05, 3.63) is 30.1 Å². The second-order valence-electron chi connectivity index (χ2n) is 3.71. The largest absolute Gasteiger partial charge is 0.376 e. The van der Waals surface area contributed by atoms with Gasteiger partial charge in [-0.15, -0.1) is 0 Å². The Kier molecular flexibility index (Phi) is 6.00. The summed E-state index contributed by atoms with van der Waals surface area (Å²) in [6, 6.07) is 3.93. The smallest absolute Gasteiger partial charge is 0.0783 e. The second-order valence-corrected chi connectivity index (χ2v) is 3.71. The van der Waals surface area contributed by atoms with Crippen LogP contribution in [0.3, 0.4) is 0 Å². The van der Waals surface area contributed by atoms with E-state index in [-0.39, 0.29) is 12.1 Å². The summed E-state index contributed by atoms with van der Waals surface area (Å²) >= 11 is 0. The fourth-order valence-corrected chi connectivity index (χ4v) is 1.82. The standard InChI is InChI=1S/C12H21N3O/c1-3-6-11(16-4-2)12(15-13)10-7-5-8-14-9-10/h5,7-9,11-12,15H,3-4,6,13H2,1-2H3. The quantitative estimate of drug-likeness (QED) is 0.546. The van der Waals surface area contributed by atoms with E-state index >= 15 is 0 Å². The van der Waals surface area contributed by atoms with Crippen molar-refractivity contribution in [2.75, 3.05) is 6.61 Å². The summed E-state index contributed by atoms with van der Waals surface area (Å²) in [4.78, 5) is 4.11. The van der Waals surface area contributed by atoms with Gasteiger partial charge >= 0.3 is 0 Å². The van der Waals surface area contributed by atoms with Crippen molar-refractivity contribution in [3.8, 4) is 0 Å². The summed E-state index contributed by atoms with van der Waals surface area (Å²) in [5.74, 6) is 5.61. The summed E-state index contributed by atoms with van der Waals surface area (Å²) in [6.45, 7) is 4.84. The number of rotatable bonds is 7. The van der Waals surface area contributed by atoms with E-state index in [2.05, 4.69) is 17.3 Å². The maximum atomic E-state index is 5.72. The van der Waals surface area contributed by atoms with Gasteiger partial charge in [0.25, 0.3) is 0 Å². The molecule has 0 amide bonds. The molecule has 2 unspecified atom stereocenters. The highest BCUT2D eigenvalue weighted by atomic mass is 16.5. The Morgan fingerprint density at radius 2 is 2.31 bits per heavy atom. The lowest BCUT2D eigenvalue weighted by Crippen LogP contribution is -2.38. The third kappa shape index (κ3) is 3.56. The van der Waals surface area contributed by atoms with Gasteiger partial charge in [-0.05, 0) is 25.0 Å². The lowest BCUT2D eigenvalue weighted by Gasteiger charge is -2.26. The van der Waals surface area contributed by atoms with E-state index < -0.39 is 0 Å². The summed E-state index contributed by atoms with van der Waals surface area (Å²) < 4.78 is 5.72. The van der Waals surface area contributed by atoms with Gasteiger partial charge in [-0.3, -0.25) is 16.3 Å². The minimum atomic E-state index is 0.00796. The van der Waals surface area contributed by atoms with Crippen LogP contribution >= 0.6 is 0 Å². The van der Waals surface area contributed by atoms with E-state index in [0.29, 0.717) is 6.61 Å². The van der Waals surface area contributed by atoms with Crippen LogP contribution in [0.5, 0.6) is 0 Å². The molecule has 4 nitrogen and oxygen atoms in total. The number of pyridine rings is 1. The highest BCUT2D eigenvalue weighted by Crippen LogP contribution is 2.21. The van der Waals surface area contributed by atoms with Crippen LogP contribution in [0.15, 0.2) is 24.5 Å². The molecule has 0 saturated carbocycles. The van der Waals surface area contributed by atoms with Crippen LogP contribution in [0.25, 0.3) is 0 Å². The SMILES string of the molecule is CCCC(OCC)C(NN)c1cccnc1. The zero-order valence-electron chi connectivity index (χ0n) is 10.0. The Balaban J connectivity index is 2.77. The van der Waals surface area contributed by atoms with Gasteiger partial charge in [-0.1, -0.05) is 19.4 Å². The number of nitrogens with one attached hydrogen (secondary N) is 1. The van der Waals surface area contributed by atoms with Gasteiger partial charge in [0.15, 0.2) is 0 Å². The molecule has 1 aromatic rings. The van der Waals surface area contributed by atoms with E-state index in [1.165, 1.54) is 0 Å². The molecule has 0 aliphatic carbocycles. The van der Waals surface area contributed by atoms with Crippen molar-refractivity contribution >= 4 is 0 Å². The average molecular weight is 223 g/mol. The highest BCUT2D eigenvalue weighted by molar-refractivity contribution is 5.15. The predicted octanol–water partition coefficient (Wildman–Crippen LogP) is 1.79. The number of nitrogens with zero attached hydrogens (tertiary/aromatic N) is 1. The highest BCUT2D eigenvalue weighted by Gasteiger charge is 2.21. The van der Waals surface area contributed by atoms with E-state index in [1.807, 2.05) is 25.3 Å². The van der Waals surface area contributed by atoms with Crippen molar-refractivity contribution in [1.82, 2.24) is 10.4 Å². The number of hydrogen-bond acceptors (Lipinski definition) is 4. The number of nitrogens with two attached hydrogens (primary N) is 1. The Morgan fingerprint density at radius 3 is 2.81 bits per heavy atom. The third-order valence-electron chi connectivity index (χ3n) is 2.55. The predicted molar refractivity (Wildman–Crippen MR) is 64.6 cm³/mol. The van der Waals surface area contributed by atoms with Crippen LogP contribution in [0.4, 0.5) is 0 Å². The van der Waals surface area contributed by atoms with E-state index in [9.17, 15) is 0 Å². The summed E-state index contributed by atoms with van der Waals surface area (Å²) in [7, 11) is 0. The molecule has 16 heavy (non-hydrogen) atoms. The average Bonchev–Trinajstić information content (AvgIpc) is 2.32. The van der Waals surface area contributed by atoms with Gasteiger partial charge in [-0.2, -0.15) is 0 Å². The van der Waals surface area contributed by atoms with Crippen LogP contribution in [0, 0.1) is 0 Å². The molecule has 3 N–H and O–H groups in total. The molecule has 1 heterocycles. The topological polar surface area (TPSA) is 60.2 Å². The van der Waals surface area contributed by atoms with Gasteiger partial charge in [0.2, 0.25) is 0 Å². The summed E-state index contributed by atoms with van der Waals surface area (Å²) in [5, 5.41) is 0. The number of hydrogen-bond donors (Lipinski definition) is 2. The monoisotopic (exact) mass is 223 g/mol. The van der Waals surface area contributed by atoms with Gasteiger partial charge in [0, 0.05) is 19.0 Å². The molecule has 4 heteroatoms. The van der Waals surface area contributed by atoms with Gasteiger partial charge in [0.1, 0.15) is 0 Å². The molecule has 0 aromatic carbocycles. The molecule has 0 radical (unpaired) electrons. The Hall–Kier alpha value is -0.970. The van der Waals surface area contributed by atoms with Crippen LogP contribution < -0.4 is 11.3 Å². The molecule has 0 aliphatic heterocycles. The lowest BCUT2D eigenvalue weighted by molar-refractivity contribution is 0.0275. The first-order chi connectivity index (χ1) is 7.83. The molecule has 2 atom stereocenters. The van der Waals surface area contributed by atoms with Crippen molar-refractivity contribution < 1.29 is 4.74 Å². The molecule has 1 aromatic heterocycles. The maximum absolute atomic E-state index is 5.72. The van der Waals surface area contributed by atoms with Crippen LogP contribution in [-0.2, 0) is 4.74 Å². The van der Waals surface area contributed by atoms with E-state index in [0.717, 1.165) is 18.4 Å². The van der Waals surface area contributed by atoms with E-state index in [4.69, 9.17) is 10.6 Å². The van der Waals surface area contributed by atoms with Crippen molar-refractivity contribution in [2.45, 2.75) is 38.8 Å². The summed E-state index contributed by atoms with van der Waals surface area (Å²) in [6.07, 6.45) is 5.74. The lowest BCUT2D eigenvalue weighted by atomic mass is 10.0. The minimum absolute atomic E-state index is 0.00796. The van der Waals surface area contributed by atoms with E-state index in [1.54, 1.807) is 6.20 Å². The number of ether oxygens (including phenoxy) is 1. The fourth-order valence-electron chi connectivity index (χ4n) is 1.82. The Bertz CT molecular complexity index is 273.